The van der Waals surface area contributed by atoms with E-state index >= 15 is 0 Å². The highest BCUT2D eigenvalue weighted by Crippen LogP contribution is 2.34. The highest BCUT2D eigenvalue weighted by atomic mass is 32.1. The molecule has 0 aromatic heterocycles. The van der Waals surface area contributed by atoms with E-state index in [-0.39, 0.29) is 0 Å². The third kappa shape index (κ3) is 3.62. The first kappa shape index (κ1) is 13.7. The third-order valence-electron chi connectivity index (χ3n) is 4.73. The number of thiol groups is 1. The van der Waals surface area contributed by atoms with Gasteiger partial charge in [0.2, 0.25) is 0 Å². The van der Waals surface area contributed by atoms with Crippen molar-refractivity contribution in [1.82, 2.24) is 4.90 Å². The average molecular weight is 257 g/mol. The molecule has 0 aliphatic carbocycles. The summed E-state index contributed by atoms with van der Waals surface area (Å²) in [6.45, 7) is 8.05. The molecule has 100 valence electrons. The van der Waals surface area contributed by atoms with Gasteiger partial charge in [-0.15, -0.1) is 0 Å². The number of nitrogens with zero attached hydrogens (tertiary/aromatic N) is 1. The van der Waals surface area contributed by atoms with E-state index in [1.165, 1.54) is 51.7 Å². The Bertz CT molecular complexity index is 220. The molecule has 2 fully saturated rings. The molecule has 3 heteroatoms. The molecule has 2 rings (SSSR count). The molecule has 2 aliphatic rings. The van der Waals surface area contributed by atoms with Crippen LogP contribution in [0.1, 0.15) is 39.0 Å². The van der Waals surface area contributed by atoms with Gasteiger partial charge >= 0.3 is 0 Å². The first-order chi connectivity index (χ1) is 8.28. The fraction of sp³-hybridized carbons (Fsp3) is 1.00. The van der Waals surface area contributed by atoms with Crippen molar-refractivity contribution in [2.45, 2.75) is 39.0 Å². The molecule has 0 aromatic carbocycles. The number of hydrogen-bond donors (Lipinski definition) is 1. The number of ether oxygens (including phenoxy) is 1. The first-order valence-electron chi connectivity index (χ1n) is 7.19. The second-order valence-corrected chi connectivity index (χ2v) is 6.21. The van der Waals surface area contributed by atoms with Crippen LogP contribution in [0.4, 0.5) is 0 Å². The summed E-state index contributed by atoms with van der Waals surface area (Å²) in [5.74, 6) is 2.00. The Morgan fingerprint density at radius 3 is 2.41 bits per heavy atom. The van der Waals surface area contributed by atoms with Crippen LogP contribution in [0, 0.1) is 11.3 Å². The molecule has 0 atom stereocenters. The Balaban J connectivity index is 1.82. The fourth-order valence-electron chi connectivity index (χ4n) is 3.20. The highest BCUT2D eigenvalue weighted by Gasteiger charge is 2.34. The van der Waals surface area contributed by atoms with E-state index in [0.29, 0.717) is 5.41 Å². The maximum Gasteiger partial charge on any atom is 0.0472 e. The number of rotatable bonds is 4. The number of piperidine rings is 1. The maximum absolute atomic E-state index is 5.50. The second kappa shape index (κ2) is 6.44. The Hall–Kier alpha value is 0.270. The minimum Gasteiger partial charge on any atom is -0.381 e. The van der Waals surface area contributed by atoms with Crippen LogP contribution in [0.3, 0.4) is 0 Å². The topological polar surface area (TPSA) is 12.5 Å². The van der Waals surface area contributed by atoms with E-state index in [9.17, 15) is 0 Å². The van der Waals surface area contributed by atoms with Crippen molar-refractivity contribution in [2.75, 3.05) is 38.6 Å². The highest BCUT2D eigenvalue weighted by molar-refractivity contribution is 7.80. The molecule has 0 bridgehead atoms. The molecule has 0 radical (unpaired) electrons. The van der Waals surface area contributed by atoms with Crippen LogP contribution in [0.2, 0.25) is 0 Å². The van der Waals surface area contributed by atoms with Crippen LogP contribution in [-0.2, 0) is 4.74 Å². The van der Waals surface area contributed by atoms with Gasteiger partial charge in [0.05, 0.1) is 0 Å². The summed E-state index contributed by atoms with van der Waals surface area (Å²) in [4.78, 5) is 2.67. The van der Waals surface area contributed by atoms with Crippen molar-refractivity contribution in [3.63, 3.8) is 0 Å². The van der Waals surface area contributed by atoms with Crippen molar-refractivity contribution in [1.29, 1.82) is 0 Å². The summed E-state index contributed by atoms with van der Waals surface area (Å²) in [5, 5.41) is 0. The Morgan fingerprint density at radius 2 is 1.88 bits per heavy atom. The van der Waals surface area contributed by atoms with Gasteiger partial charge in [-0.3, -0.25) is 0 Å². The SMILES string of the molecule is CCC1CCN(CC2(CS)CCOCC2)CC1. The predicted molar refractivity (Wildman–Crippen MR) is 75.8 cm³/mol. The van der Waals surface area contributed by atoms with Crippen LogP contribution in [-0.4, -0.2) is 43.5 Å². The summed E-state index contributed by atoms with van der Waals surface area (Å²) in [7, 11) is 0. The van der Waals surface area contributed by atoms with E-state index in [4.69, 9.17) is 4.74 Å². The van der Waals surface area contributed by atoms with Gasteiger partial charge in [0, 0.05) is 19.8 Å². The molecule has 2 heterocycles. The van der Waals surface area contributed by atoms with Crippen molar-refractivity contribution >= 4 is 12.6 Å². The zero-order valence-electron chi connectivity index (χ0n) is 11.2. The molecule has 0 N–H and O–H groups in total. The maximum atomic E-state index is 5.50. The lowest BCUT2D eigenvalue weighted by atomic mass is 9.81. The van der Waals surface area contributed by atoms with Gasteiger partial charge in [-0.05, 0) is 55.9 Å². The molecule has 0 spiro atoms. The summed E-state index contributed by atoms with van der Waals surface area (Å²) < 4.78 is 5.50. The zero-order valence-corrected chi connectivity index (χ0v) is 12.1. The van der Waals surface area contributed by atoms with Gasteiger partial charge in [0.15, 0.2) is 0 Å². The van der Waals surface area contributed by atoms with E-state index in [1.807, 2.05) is 0 Å². The van der Waals surface area contributed by atoms with Crippen LogP contribution < -0.4 is 0 Å². The monoisotopic (exact) mass is 257 g/mol. The summed E-state index contributed by atoms with van der Waals surface area (Å²) in [6.07, 6.45) is 6.55. The molecule has 2 aliphatic heterocycles. The molecular weight excluding hydrogens is 230 g/mol. The van der Waals surface area contributed by atoms with Crippen LogP contribution in [0.15, 0.2) is 0 Å². The smallest absolute Gasteiger partial charge is 0.0472 e. The standard InChI is InChI=1S/C14H27NOS/c1-2-13-3-7-15(8-4-13)11-14(12-17)5-9-16-10-6-14/h13,17H,2-12H2,1H3. The molecule has 0 unspecified atom stereocenters. The van der Waals surface area contributed by atoms with E-state index in [1.54, 1.807) is 0 Å². The second-order valence-electron chi connectivity index (χ2n) is 5.90. The molecule has 2 saturated heterocycles. The summed E-state index contributed by atoms with van der Waals surface area (Å²) in [6, 6.07) is 0. The largest absolute Gasteiger partial charge is 0.381 e. The number of hydrogen-bond acceptors (Lipinski definition) is 3. The third-order valence-corrected chi connectivity index (χ3v) is 5.40. The van der Waals surface area contributed by atoms with E-state index in [2.05, 4.69) is 24.5 Å². The van der Waals surface area contributed by atoms with Gasteiger partial charge in [-0.25, -0.2) is 0 Å². The van der Waals surface area contributed by atoms with Crippen molar-refractivity contribution in [2.24, 2.45) is 11.3 Å². The quantitative estimate of drug-likeness (QED) is 0.778. The van der Waals surface area contributed by atoms with E-state index < -0.39 is 0 Å². The molecular formula is C14H27NOS. The van der Waals surface area contributed by atoms with E-state index in [0.717, 1.165) is 24.9 Å². The van der Waals surface area contributed by atoms with Gasteiger partial charge < -0.3 is 9.64 Å². The fourth-order valence-corrected chi connectivity index (χ4v) is 3.61. The Morgan fingerprint density at radius 1 is 1.24 bits per heavy atom. The molecule has 0 amide bonds. The van der Waals surface area contributed by atoms with Crippen molar-refractivity contribution < 1.29 is 4.74 Å². The predicted octanol–water partition coefficient (Wildman–Crippen LogP) is 2.84. The minimum absolute atomic E-state index is 0.431. The lowest BCUT2D eigenvalue weighted by Crippen LogP contribution is -2.45. The molecule has 17 heavy (non-hydrogen) atoms. The van der Waals surface area contributed by atoms with Crippen LogP contribution >= 0.6 is 12.6 Å². The van der Waals surface area contributed by atoms with Crippen LogP contribution in [0.25, 0.3) is 0 Å². The Labute approximate surface area is 112 Å². The zero-order chi connectivity index (χ0) is 12.1. The lowest BCUT2D eigenvalue weighted by molar-refractivity contribution is 0.00215. The normalized spacial score (nSPS) is 27.2. The molecule has 2 nitrogen and oxygen atoms in total. The Kier molecular flexibility index (Phi) is 5.19. The minimum atomic E-state index is 0.431. The van der Waals surface area contributed by atoms with Gasteiger partial charge in [-0.1, -0.05) is 13.3 Å². The lowest BCUT2D eigenvalue weighted by Gasteiger charge is -2.42. The molecule has 0 saturated carbocycles. The molecule has 0 aromatic rings. The average Bonchev–Trinajstić information content (AvgIpc) is 2.41. The van der Waals surface area contributed by atoms with Crippen molar-refractivity contribution in [3.05, 3.63) is 0 Å². The summed E-state index contributed by atoms with van der Waals surface area (Å²) >= 11 is 4.60. The van der Waals surface area contributed by atoms with Crippen molar-refractivity contribution in [3.8, 4) is 0 Å². The summed E-state index contributed by atoms with van der Waals surface area (Å²) in [5.41, 5.74) is 0.431. The van der Waals surface area contributed by atoms with Gasteiger partial charge in [0.1, 0.15) is 0 Å². The van der Waals surface area contributed by atoms with Gasteiger partial charge in [0.25, 0.3) is 0 Å². The number of likely N-dealkylation sites (tertiary alicyclic amines) is 1. The van der Waals surface area contributed by atoms with Crippen LogP contribution in [0.5, 0.6) is 0 Å². The van der Waals surface area contributed by atoms with Gasteiger partial charge in [-0.2, -0.15) is 12.6 Å². The first-order valence-corrected chi connectivity index (χ1v) is 7.82.